The molecule has 0 unspecified atom stereocenters. The molecular weight excluding hydrogens is 300 g/mol. The number of H-pyrrole nitrogens is 1. The molecule has 120 valence electrons. The first-order chi connectivity index (χ1) is 10.8. The summed E-state index contributed by atoms with van der Waals surface area (Å²) >= 11 is 0. The normalized spacial score (nSPS) is 11.8. The van der Waals surface area contributed by atoms with Gasteiger partial charge in [0.15, 0.2) is 0 Å². The molecule has 2 aromatic rings. The first-order valence-corrected chi connectivity index (χ1v) is 6.95. The van der Waals surface area contributed by atoms with E-state index in [-0.39, 0.29) is 11.3 Å². The largest absolute Gasteiger partial charge is 0.454 e. The van der Waals surface area contributed by atoms with E-state index in [9.17, 15) is 19.7 Å². The Balaban J connectivity index is 2.23. The fourth-order valence-corrected chi connectivity index (χ4v) is 2.10. The number of nitrogens with one attached hydrogen (secondary N) is 1. The first kappa shape index (κ1) is 16.4. The van der Waals surface area contributed by atoms with Gasteiger partial charge in [-0.2, -0.15) is 0 Å². The highest BCUT2D eigenvalue weighted by molar-refractivity contribution is 5.89. The van der Waals surface area contributed by atoms with Crippen LogP contribution >= 0.6 is 0 Å². The Morgan fingerprint density at radius 1 is 1.26 bits per heavy atom. The number of benzene rings is 1. The highest BCUT2D eigenvalue weighted by atomic mass is 16.6. The van der Waals surface area contributed by atoms with E-state index in [4.69, 9.17) is 4.74 Å². The predicted molar refractivity (Wildman–Crippen MR) is 83.5 cm³/mol. The van der Waals surface area contributed by atoms with E-state index in [2.05, 4.69) is 4.98 Å². The number of hydrogen-bond acceptors (Lipinski definition) is 5. The van der Waals surface area contributed by atoms with Gasteiger partial charge in [0.2, 0.25) is 0 Å². The van der Waals surface area contributed by atoms with Crippen LogP contribution in [0.15, 0.2) is 35.1 Å². The number of carbonyl (C=O) groups excluding carboxylic acids is 1. The number of rotatable bonds is 4. The van der Waals surface area contributed by atoms with Crippen LogP contribution in [0.4, 0.5) is 5.69 Å². The molecule has 1 atom stereocenters. The number of nitro benzene ring substituents is 1. The molecule has 0 aliphatic heterocycles. The molecule has 0 spiro atoms. The SMILES string of the molecule is Cc1ccc(C(=O)O[C@H](C)c2ccc(C)c([N+](=O)[O-])c2)c(=O)[nH]1. The lowest BCUT2D eigenvalue weighted by molar-refractivity contribution is -0.385. The summed E-state index contributed by atoms with van der Waals surface area (Å²) in [4.78, 5) is 36.8. The first-order valence-electron chi connectivity index (χ1n) is 6.95. The molecule has 0 saturated heterocycles. The lowest BCUT2D eigenvalue weighted by Gasteiger charge is -2.13. The Morgan fingerprint density at radius 3 is 2.57 bits per heavy atom. The van der Waals surface area contributed by atoms with Crippen molar-refractivity contribution in [2.75, 3.05) is 0 Å². The van der Waals surface area contributed by atoms with E-state index in [1.807, 2.05) is 0 Å². The summed E-state index contributed by atoms with van der Waals surface area (Å²) in [6.45, 7) is 4.92. The molecule has 0 fully saturated rings. The van der Waals surface area contributed by atoms with Gasteiger partial charge in [-0.25, -0.2) is 4.79 Å². The van der Waals surface area contributed by atoms with E-state index in [0.29, 0.717) is 16.8 Å². The van der Waals surface area contributed by atoms with Gasteiger partial charge >= 0.3 is 5.97 Å². The summed E-state index contributed by atoms with van der Waals surface area (Å²) < 4.78 is 5.24. The van der Waals surface area contributed by atoms with E-state index < -0.39 is 22.6 Å². The molecule has 0 aliphatic carbocycles. The molecule has 0 bridgehead atoms. The molecule has 0 amide bonds. The molecule has 7 nitrogen and oxygen atoms in total. The number of carbonyl (C=O) groups is 1. The molecule has 7 heteroatoms. The van der Waals surface area contributed by atoms with Gasteiger partial charge in [0.1, 0.15) is 11.7 Å². The lowest BCUT2D eigenvalue weighted by atomic mass is 10.1. The van der Waals surface area contributed by atoms with Gasteiger partial charge in [-0.15, -0.1) is 0 Å². The van der Waals surface area contributed by atoms with Crippen LogP contribution in [0.3, 0.4) is 0 Å². The van der Waals surface area contributed by atoms with E-state index in [1.54, 1.807) is 39.0 Å². The van der Waals surface area contributed by atoms with Crippen LogP contribution in [0.2, 0.25) is 0 Å². The smallest absolute Gasteiger partial charge is 0.344 e. The molecule has 1 aromatic heterocycles. The average Bonchev–Trinajstić information content (AvgIpc) is 2.46. The molecule has 1 aromatic carbocycles. The molecule has 23 heavy (non-hydrogen) atoms. The van der Waals surface area contributed by atoms with Crippen LogP contribution in [0.25, 0.3) is 0 Å². The highest BCUT2D eigenvalue weighted by Gasteiger charge is 2.19. The fourth-order valence-electron chi connectivity index (χ4n) is 2.10. The molecule has 1 heterocycles. The minimum absolute atomic E-state index is 0.0430. The van der Waals surface area contributed by atoms with Crippen molar-refractivity contribution in [1.82, 2.24) is 4.98 Å². The second kappa shape index (κ2) is 6.43. The van der Waals surface area contributed by atoms with Crippen LogP contribution in [0.1, 0.15) is 40.2 Å². The lowest BCUT2D eigenvalue weighted by Crippen LogP contribution is -2.21. The third-order valence-corrected chi connectivity index (χ3v) is 3.46. The van der Waals surface area contributed by atoms with Crippen LogP contribution in [-0.4, -0.2) is 15.9 Å². The standard InChI is InChI=1S/C16H16N2O5/c1-9-4-6-12(8-14(9)18(21)22)11(3)23-16(20)13-7-5-10(2)17-15(13)19/h4-8,11H,1-3H3,(H,17,19)/t11-/m1/s1. The van der Waals surface area contributed by atoms with Crippen molar-refractivity contribution in [3.8, 4) is 0 Å². The van der Waals surface area contributed by atoms with Gasteiger partial charge in [0.05, 0.1) is 4.92 Å². The number of aromatic nitrogens is 1. The van der Waals surface area contributed by atoms with Crippen molar-refractivity contribution in [1.29, 1.82) is 0 Å². The number of nitro groups is 1. The molecule has 0 aliphatic rings. The zero-order valence-electron chi connectivity index (χ0n) is 13.0. The van der Waals surface area contributed by atoms with Crippen molar-refractivity contribution < 1.29 is 14.5 Å². The maximum Gasteiger partial charge on any atom is 0.344 e. The summed E-state index contributed by atoms with van der Waals surface area (Å²) in [5, 5.41) is 11.0. The van der Waals surface area contributed by atoms with Gasteiger partial charge in [0.25, 0.3) is 11.2 Å². The van der Waals surface area contributed by atoms with Crippen LogP contribution in [0.5, 0.6) is 0 Å². The minimum Gasteiger partial charge on any atom is -0.454 e. The number of pyridine rings is 1. The Morgan fingerprint density at radius 2 is 1.96 bits per heavy atom. The minimum atomic E-state index is -0.776. The molecule has 2 rings (SSSR count). The zero-order chi connectivity index (χ0) is 17.1. The zero-order valence-corrected chi connectivity index (χ0v) is 13.0. The number of esters is 1. The van der Waals surface area contributed by atoms with E-state index >= 15 is 0 Å². The van der Waals surface area contributed by atoms with Gasteiger partial charge in [-0.1, -0.05) is 12.1 Å². The van der Waals surface area contributed by atoms with Gasteiger partial charge in [0, 0.05) is 17.3 Å². The monoisotopic (exact) mass is 316 g/mol. The van der Waals surface area contributed by atoms with Crippen molar-refractivity contribution in [3.05, 3.63) is 73.2 Å². The molecule has 0 saturated carbocycles. The van der Waals surface area contributed by atoms with Crippen molar-refractivity contribution in [2.24, 2.45) is 0 Å². The molecular formula is C16H16N2O5. The number of aryl methyl sites for hydroxylation is 2. The van der Waals surface area contributed by atoms with Gasteiger partial charge < -0.3 is 9.72 Å². The van der Waals surface area contributed by atoms with Crippen LogP contribution in [-0.2, 0) is 4.74 Å². The van der Waals surface area contributed by atoms with Crippen molar-refractivity contribution >= 4 is 11.7 Å². The summed E-state index contributed by atoms with van der Waals surface area (Å²) in [5.41, 5.74) is 0.958. The van der Waals surface area contributed by atoms with Crippen LogP contribution in [0, 0.1) is 24.0 Å². The van der Waals surface area contributed by atoms with Crippen molar-refractivity contribution in [2.45, 2.75) is 26.9 Å². The molecule has 0 radical (unpaired) electrons. The topological polar surface area (TPSA) is 102 Å². The second-order valence-electron chi connectivity index (χ2n) is 5.23. The third-order valence-electron chi connectivity index (χ3n) is 3.46. The predicted octanol–water partition coefficient (Wildman–Crippen LogP) is 2.82. The fraction of sp³-hybridized carbons (Fsp3) is 0.250. The van der Waals surface area contributed by atoms with E-state index in [1.165, 1.54) is 12.1 Å². The maximum atomic E-state index is 12.1. The number of hydrogen-bond donors (Lipinski definition) is 1. The number of aromatic amines is 1. The summed E-state index contributed by atoms with van der Waals surface area (Å²) in [6.07, 6.45) is -0.720. The highest BCUT2D eigenvalue weighted by Crippen LogP contribution is 2.25. The second-order valence-corrected chi connectivity index (χ2v) is 5.23. The number of nitrogens with zero attached hydrogens (tertiary/aromatic N) is 1. The van der Waals surface area contributed by atoms with Gasteiger partial charge in [-0.05, 0) is 38.5 Å². The van der Waals surface area contributed by atoms with E-state index in [0.717, 1.165) is 0 Å². The number of ether oxygens (including phenoxy) is 1. The maximum absolute atomic E-state index is 12.1. The quantitative estimate of drug-likeness (QED) is 0.531. The third kappa shape index (κ3) is 3.63. The Hall–Kier alpha value is -2.96. The Kier molecular flexibility index (Phi) is 4.59. The summed E-state index contributed by atoms with van der Waals surface area (Å²) in [6, 6.07) is 7.60. The summed E-state index contributed by atoms with van der Waals surface area (Å²) in [5.74, 6) is -0.776. The average molecular weight is 316 g/mol. The summed E-state index contributed by atoms with van der Waals surface area (Å²) in [7, 11) is 0. The Bertz CT molecular complexity index is 825. The van der Waals surface area contributed by atoms with Gasteiger partial charge in [-0.3, -0.25) is 14.9 Å². The van der Waals surface area contributed by atoms with Crippen molar-refractivity contribution in [3.63, 3.8) is 0 Å². The Labute approximate surface area is 132 Å². The molecule has 1 N–H and O–H groups in total. The van der Waals surface area contributed by atoms with Crippen LogP contribution < -0.4 is 5.56 Å².